The standard InChI is InChI=1S/C18H21N5O2/c1-12(8-13-6-4-5-7-17(13)25-3)20-18(24)16-9-15(21-22-16)14-10-19-23(2)11-14/h4-7,9-12H,8H2,1-3H3,(H,20,24)(H,21,22). The summed E-state index contributed by atoms with van der Waals surface area (Å²) in [7, 11) is 3.48. The molecule has 1 aromatic carbocycles. The van der Waals surface area contributed by atoms with Crippen LogP contribution in [0.1, 0.15) is 23.0 Å². The van der Waals surface area contributed by atoms with E-state index in [9.17, 15) is 4.79 Å². The van der Waals surface area contributed by atoms with Gasteiger partial charge in [-0.25, -0.2) is 0 Å². The molecule has 7 nitrogen and oxygen atoms in total. The molecule has 0 aliphatic heterocycles. The van der Waals surface area contributed by atoms with Crippen molar-refractivity contribution in [3.63, 3.8) is 0 Å². The van der Waals surface area contributed by atoms with E-state index in [1.54, 1.807) is 24.1 Å². The molecule has 3 rings (SSSR count). The Bertz CT molecular complexity index is 868. The zero-order valence-electron chi connectivity index (χ0n) is 14.5. The molecule has 2 heterocycles. The van der Waals surface area contributed by atoms with Crippen LogP contribution < -0.4 is 10.1 Å². The SMILES string of the molecule is COc1ccccc1CC(C)NC(=O)c1cc(-c2cnn(C)c2)n[nH]1. The molecule has 0 fully saturated rings. The van der Waals surface area contributed by atoms with Gasteiger partial charge >= 0.3 is 0 Å². The van der Waals surface area contributed by atoms with E-state index >= 15 is 0 Å². The largest absolute Gasteiger partial charge is 0.496 e. The monoisotopic (exact) mass is 339 g/mol. The second kappa shape index (κ2) is 7.21. The maximum Gasteiger partial charge on any atom is 0.269 e. The Balaban J connectivity index is 1.65. The second-order valence-corrected chi connectivity index (χ2v) is 5.96. The number of nitrogens with one attached hydrogen (secondary N) is 2. The molecular weight excluding hydrogens is 318 g/mol. The molecule has 130 valence electrons. The summed E-state index contributed by atoms with van der Waals surface area (Å²) in [6, 6.07) is 9.48. The van der Waals surface area contributed by atoms with Crippen molar-refractivity contribution in [2.75, 3.05) is 7.11 Å². The number of benzene rings is 1. The highest BCUT2D eigenvalue weighted by Gasteiger charge is 2.15. The van der Waals surface area contributed by atoms with E-state index in [1.165, 1.54) is 0 Å². The highest BCUT2D eigenvalue weighted by atomic mass is 16.5. The Morgan fingerprint density at radius 3 is 2.92 bits per heavy atom. The van der Waals surface area contributed by atoms with Gasteiger partial charge in [0.25, 0.3) is 5.91 Å². The van der Waals surface area contributed by atoms with Gasteiger partial charge in [-0.15, -0.1) is 0 Å². The fraction of sp³-hybridized carbons (Fsp3) is 0.278. The Labute approximate surface area is 146 Å². The van der Waals surface area contributed by atoms with E-state index in [2.05, 4.69) is 20.6 Å². The van der Waals surface area contributed by atoms with Crippen LogP contribution in [0.5, 0.6) is 5.75 Å². The van der Waals surface area contributed by atoms with Gasteiger partial charge < -0.3 is 10.1 Å². The normalized spacial score (nSPS) is 12.0. The number of nitrogens with zero attached hydrogens (tertiary/aromatic N) is 3. The molecule has 1 amide bonds. The number of H-pyrrole nitrogens is 1. The average Bonchev–Trinajstić information content (AvgIpc) is 3.24. The third-order valence-electron chi connectivity index (χ3n) is 3.92. The van der Waals surface area contributed by atoms with Crippen LogP contribution >= 0.6 is 0 Å². The van der Waals surface area contributed by atoms with Gasteiger partial charge in [0.05, 0.1) is 19.0 Å². The second-order valence-electron chi connectivity index (χ2n) is 5.96. The quantitative estimate of drug-likeness (QED) is 0.721. The summed E-state index contributed by atoms with van der Waals surface area (Å²) >= 11 is 0. The molecule has 0 aliphatic rings. The topological polar surface area (TPSA) is 84.8 Å². The molecule has 0 aliphatic carbocycles. The number of aromatic nitrogens is 4. The number of rotatable bonds is 6. The predicted molar refractivity (Wildman–Crippen MR) is 94.4 cm³/mol. The van der Waals surface area contributed by atoms with Crippen LogP contribution in [0, 0.1) is 0 Å². The number of hydrogen-bond acceptors (Lipinski definition) is 4. The van der Waals surface area contributed by atoms with E-state index in [4.69, 9.17) is 4.74 Å². The Kier molecular flexibility index (Phi) is 4.83. The van der Waals surface area contributed by atoms with Gasteiger partial charge in [0.1, 0.15) is 11.4 Å². The number of aryl methyl sites for hydroxylation is 1. The van der Waals surface area contributed by atoms with Crippen LogP contribution in [-0.4, -0.2) is 39.0 Å². The number of carbonyl (C=O) groups excluding carboxylic acids is 1. The minimum absolute atomic E-state index is 0.0473. The lowest BCUT2D eigenvalue weighted by Crippen LogP contribution is -2.34. The third-order valence-corrected chi connectivity index (χ3v) is 3.92. The van der Waals surface area contributed by atoms with Gasteiger partial charge in [-0.05, 0) is 31.0 Å². The number of carbonyl (C=O) groups is 1. The Morgan fingerprint density at radius 2 is 2.20 bits per heavy atom. The van der Waals surface area contributed by atoms with Gasteiger partial charge in [0.15, 0.2) is 0 Å². The minimum atomic E-state index is -0.190. The fourth-order valence-corrected chi connectivity index (χ4v) is 2.69. The fourth-order valence-electron chi connectivity index (χ4n) is 2.69. The zero-order chi connectivity index (χ0) is 17.8. The summed E-state index contributed by atoms with van der Waals surface area (Å²) in [5, 5.41) is 14.1. The minimum Gasteiger partial charge on any atom is -0.496 e. The first kappa shape index (κ1) is 16.8. The summed E-state index contributed by atoms with van der Waals surface area (Å²) in [5.41, 5.74) is 3.03. The number of aromatic amines is 1. The van der Waals surface area contributed by atoms with Crippen molar-refractivity contribution >= 4 is 5.91 Å². The lowest BCUT2D eigenvalue weighted by atomic mass is 10.1. The van der Waals surface area contributed by atoms with Crippen LogP contribution in [0.2, 0.25) is 0 Å². The summed E-state index contributed by atoms with van der Waals surface area (Å²) in [6.45, 7) is 1.96. The van der Waals surface area contributed by atoms with Crippen LogP contribution in [0.25, 0.3) is 11.3 Å². The maximum atomic E-state index is 12.4. The van der Waals surface area contributed by atoms with Crippen molar-refractivity contribution in [1.29, 1.82) is 0 Å². The third kappa shape index (κ3) is 3.88. The number of para-hydroxylation sites is 1. The van der Waals surface area contributed by atoms with E-state index < -0.39 is 0 Å². The van der Waals surface area contributed by atoms with Crippen LogP contribution in [0.15, 0.2) is 42.7 Å². The van der Waals surface area contributed by atoms with E-state index in [-0.39, 0.29) is 11.9 Å². The van der Waals surface area contributed by atoms with Crippen molar-refractivity contribution in [2.45, 2.75) is 19.4 Å². The highest BCUT2D eigenvalue weighted by molar-refractivity contribution is 5.93. The first-order chi connectivity index (χ1) is 12.1. The van der Waals surface area contributed by atoms with Gasteiger partial charge in [0, 0.05) is 24.8 Å². The number of methoxy groups -OCH3 is 1. The zero-order valence-corrected chi connectivity index (χ0v) is 14.5. The smallest absolute Gasteiger partial charge is 0.269 e. The first-order valence-corrected chi connectivity index (χ1v) is 8.04. The molecule has 0 saturated carbocycles. The molecule has 0 spiro atoms. The van der Waals surface area contributed by atoms with Gasteiger partial charge in [-0.2, -0.15) is 10.2 Å². The number of amides is 1. The van der Waals surface area contributed by atoms with Crippen LogP contribution in [0.3, 0.4) is 0 Å². The van der Waals surface area contributed by atoms with Crippen LogP contribution in [0.4, 0.5) is 0 Å². The summed E-state index contributed by atoms with van der Waals surface area (Å²) in [5.74, 6) is 0.633. The molecule has 1 atom stereocenters. The highest BCUT2D eigenvalue weighted by Crippen LogP contribution is 2.19. The van der Waals surface area contributed by atoms with Gasteiger partial charge in [-0.3, -0.25) is 14.6 Å². The summed E-state index contributed by atoms with van der Waals surface area (Å²) in [4.78, 5) is 12.4. The van der Waals surface area contributed by atoms with Gasteiger partial charge in [-0.1, -0.05) is 18.2 Å². The summed E-state index contributed by atoms with van der Waals surface area (Å²) < 4.78 is 7.05. The molecule has 25 heavy (non-hydrogen) atoms. The van der Waals surface area contributed by atoms with Crippen molar-refractivity contribution in [2.24, 2.45) is 7.05 Å². The van der Waals surface area contributed by atoms with Gasteiger partial charge in [0.2, 0.25) is 0 Å². The number of ether oxygens (including phenoxy) is 1. The molecule has 2 N–H and O–H groups in total. The molecule has 0 saturated heterocycles. The lowest BCUT2D eigenvalue weighted by Gasteiger charge is -2.15. The molecule has 2 aromatic heterocycles. The first-order valence-electron chi connectivity index (χ1n) is 8.04. The molecule has 0 radical (unpaired) electrons. The molecule has 7 heteroatoms. The molecule has 1 unspecified atom stereocenters. The summed E-state index contributed by atoms with van der Waals surface area (Å²) in [6.07, 6.45) is 4.24. The lowest BCUT2D eigenvalue weighted by molar-refractivity contribution is 0.0935. The average molecular weight is 339 g/mol. The van der Waals surface area contributed by atoms with Crippen molar-refractivity contribution in [3.8, 4) is 17.0 Å². The van der Waals surface area contributed by atoms with Crippen molar-refractivity contribution in [3.05, 3.63) is 54.0 Å². The van der Waals surface area contributed by atoms with Crippen LogP contribution in [-0.2, 0) is 13.5 Å². The van der Waals surface area contributed by atoms with E-state index in [0.717, 1.165) is 16.9 Å². The van der Waals surface area contributed by atoms with Crippen molar-refractivity contribution in [1.82, 2.24) is 25.3 Å². The number of hydrogen-bond donors (Lipinski definition) is 2. The maximum absolute atomic E-state index is 12.4. The van der Waals surface area contributed by atoms with Crippen molar-refractivity contribution < 1.29 is 9.53 Å². The Morgan fingerprint density at radius 1 is 1.40 bits per heavy atom. The predicted octanol–water partition coefficient (Wildman–Crippen LogP) is 2.18. The van der Waals surface area contributed by atoms with E-state index in [0.29, 0.717) is 17.8 Å². The van der Waals surface area contributed by atoms with E-state index in [1.807, 2.05) is 44.4 Å². The molecular formula is C18H21N5O2. The Hall–Kier alpha value is -3.09. The molecule has 0 bridgehead atoms. The molecule has 3 aromatic rings.